The van der Waals surface area contributed by atoms with Crippen molar-refractivity contribution >= 4 is 17.2 Å². The molecule has 3 rings (SSSR count). The predicted molar refractivity (Wildman–Crippen MR) is 86.4 cm³/mol. The summed E-state index contributed by atoms with van der Waals surface area (Å²) in [6.07, 6.45) is 0. The molecule has 2 aromatic rings. The first kappa shape index (κ1) is 16.1. The van der Waals surface area contributed by atoms with Gasteiger partial charge in [-0.2, -0.15) is 0 Å². The van der Waals surface area contributed by atoms with Crippen molar-refractivity contribution in [1.82, 2.24) is 25.1 Å². The molecule has 3 heterocycles. The molecule has 124 valence electrons. The highest BCUT2D eigenvalue weighted by Crippen LogP contribution is 2.20. The van der Waals surface area contributed by atoms with Gasteiger partial charge in [-0.1, -0.05) is 24.2 Å². The number of piperazine rings is 1. The molecule has 7 nitrogen and oxygen atoms in total. The number of rotatable bonds is 4. The number of carbonyl (C=O) groups excluding carboxylic acids is 1. The standard InChI is InChI=1S/C15H21N5O2S/c1-10(2)14-16-13(9-23-14)15(21)20-6-4-19(5-7-20)8-12-11(3)17-22-18-12/h9-10H,4-8H2,1-3H3. The molecular weight excluding hydrogens is 314 g/mol. The molecule has 0 aromatic carbocycles. The maximum atomic E-state index is 12.5. The average molecular weight is 335 g/mol. The first-order valence-corrected chi connectivity index (χ1v) is 8.67. The van der Waals surface area contributed by atoms with Crippen LogP contribution in [0.4, 0.5) is 0 Å². The average Bonchev–Trinajstić information content (AvgIpc) is 3.17. The minimum Gasteiger partial charge on any atom is -0.335 e. The molecule has 0 aliphatic carbocycles. The lowest BCUT2D eigenvalue weighted by molar-refractivity contribution is 0.0620. The zero-order valence-corrected chi connectivity index (χ0v) is 14.5. The van der Waals surface area contributed by atoms with Crippen LogP contribution in [0.5, 0.6) is 0 Å². The molecule has 0 spiro atoms. The first-order chi connectivity index (χ1) is 11.0. The van der Waals surface area contributed by atoms with Crippen molar-refractivity contribution in [3.63, 3.8) is 0 Å². The van der Waals surface area contributed by atoms with Crippen LogP contribution >= 0.6 is 11.3 Å². The number of thiazole rings is 1. The highest BCUT2D eigenvalue weighted by Gasteiger charge is 2.25. The van der Waals surface area contributed by atoms with Crippen molar-refractivity contribution in [2.24, 2.45) is 0 Å². The Labute approximate surface area is 139 Å². The van der Waals surface area contributed by atoms with Crippen LogP contribution < -0.4 is 0 Å². The third kappa shape index (κ3) is 3.59. The monoisotopic (exact) mass is 335 g/mol. The van der Waals surface area contributed by atoms with Gasteiger partial charge in [-0.05, 0) is 6.92 Å². The van der Waals surface area contributed by atoms with Crippen LogP contribution in [0.2, 0.25) is 0 Å². The van der Waals surface area contributed by atoms with Gasteiger partial charge in [0.25, 0.3) is 5.91 Å². The topological polar surface area (TPSA) is 75.4 Å². The van der Waals surface area contributed by atoms with E-state index in [1.165, 1.54) is 0 Å². The summed E-state index contributed by atoms with van der Waals surface area (Å²) in [6, 6.07) is 0. The van der Waals surface area contributed by atoms with Crippen LogP contribution in [0.25, 0.3) is 0 Å². The molecule has 0 radical (unpaired) electrons. The SMILES string of the molecule is Cc1nonc1CN1CCN(C(=O)c2csc(C(C)C)n2)CC1. The van der Waals surface area contributed by atoms with Gasteiger partial charge in [0.1, 0.15) is 17.1 Å². The normalized spacial score (nSPS) is 16.3. The van der Waals surface area contributed by atoms with E-state index in [0.717, 1.165) is 29.5 Å². The third-order valence-electron chi connectivity index (χ3n) is 4.01. The molecule has 2 aromatic heterocycles. The Hall–Kier alpha value is -1.80. The van der Waals surface area contributed by atoms with E-state index in [1.807, 2.05) is 17.2 Å². The molecule has 1 aliphatic rings. The molecular formula is C15H21N5O2S. The molecule has 0 atom stereocenters. The van der Waals surface area contributed by atoms with Crippen molar-refractivity contribution in [2.75, 3.05) is 26.2 Å². The van der Waals surface area contributed by atoms with Crippen molar-refractivity contribution < 1.29 is 9.42 Å². The summed E-state index contributed by atoms with van der Waals surface area (Å²) in [4.78, 5) is 21.1. The summed E-state index contributed by atoms with van der Waals surface area (Å²) < 4.78 is 4.73. The molecule has 0 bridgehead atoms. The number of hydrogen-bond donors (Lipinski definition) is 0. The number of hydrogen-bond acceptors (Lipinski definition) is 7. The van der Waals surface area contributed by atoms with E-state index in [4.69, 9.17) is 4.63 Å². The summed E-state index contributed by atoms with van der Waals surface area (Å²) in [7, 11) is 0. The van der Waals surface area contributed by atoms with Gasteiger partial charge < -0.3 is 4.90 Å². The van der Waals surface area contributed by atoms with E-state index >= 15 is 0 Å². The van der Waals surface area contributed by atoms with Crippen molar-refractivity contribution in [1.29, 1.82) is 0 Å². The lowest BCUT2D eigenvalue weighted by atomic mass is 10.2. The van der Waals surface area contributed by atoms with Gasteiger partial charge in [0, 0.05) is 44.0 Å². The van der Waals surface area contributed by atoms with E-state index in [1.54, 1.807) is 11.3 Å². The van der Waals surface area contributed by atoms with E-state index in [-0.39, 0.29) is 5.91 Å². The van der Waals surface area contributed by atoms with Gasteiger partial charge in [0.05, 0.1) is 5.01 Å². The minimum absolute atomic E-state index is 0.0343. The minimum atomic E-state index is 0.0343. The second-order valence-electron chi connectivity index (χ2n) is 6.09. The quantitative estimate of drug-likeness (QED) is 0.850. The summed E-state index contributed by atoms with van der Waals surface area (Å²) in [6.45, 7) is 9.83. The fraction of sp³-hybridized carbons (Fsp3) is 0.600. The number of nitrogens with zero attached hydrogens (tertiary/aromatic N) is 5. The summed E-state index contributed by atoms with van der Waals surface area (Å²) in [5, 5.41) is 10.6. The van der Waals surface area contributed by atoms with Gasteiger partial charge in [-0.15, -0.1) is 11.3 Å². The number of carbonyl (C=O) groups is 1. The van der Waals surface area contributed by atoms with Gasteiger partial charge in [0.2, 0.25) is 0 Å². The molecule has 8 heteroatoms. The molecule has 0 N–H and O–H groups in total. The van der Waals surface area contributed by atoms with Gasteiger partial charge in [-0.25, -0.2) is 9.61 Å². The second kappa shape index (κ2) is 6.76. The zero-order chi connectivity index (χ0) is 16.4. The summed E-state index contributed by atoms with van der Waals surface area (Å²) in [5.41, 5.74) is 2.27. The van der Waals surface area contributed by atoms with Crippen molar-refractivity contribution in [3.8, 4) is 0 Å². The maximum Gasteiger partial charge on any atom is 0.273 e. The highest BCUT2D eigenvalue weighted by atomic mass is 32.1. The van der Waals surface area contributed by atoms with Crippen LogP contribution in [-0.2, 0) is 6.54 Å². The molecule has 1 fully saturated rings. The maximum absolute atomic E-state index is 12.5. The summed E-state index contributed by atoms with van der Waals surface area (Å²) >= 11 is 1.56. The number of amides is 1. The van der Waals surface area contributed by atoms with Crippen LogP contribution in [0.3, 0.4) is 0 Å². The Balaban J connectivity index is 1.55. The molecule has 1 saturated heterocycles. The summed E-state index contributed by atoms with van der Waals surface area (Å²) in [5.74, 6) is 0.393. The Morgan fingerprint density at radius 2 is 2.04 bits per heavy atom. The molecule has 1 amide bonds. The van der Waals surface area contributed by atoms with E-state index in [2.05, 4.69) is 34.0 Å². The van der Waals surface area contributed by atoms with E-state index in [9.17, 15) is 4.79 Å². The van der Waals surface area contributed by atoms with E-state index in [0.29, 0.717) is 31.2 Å². The van der Waals surface area contributed by atoms with Crippen LogP contribution in [-0.4, -0.2) is 57.2 Å². The molecule has 1 aliphatic heterocycles. The fourth-order valence-corrected chi connectivity index (χ4v) is 3.34. The van der Waals surface area contributed by atoms with Crippen LogP contribution in [0, 0.1) is 6.92 Å². The van der Waals surface area contributed by atoms with Gasteiger partial charge >= 0.3 is 0 Å². The number of aryl methyl sites for hydroxylation is 1. The zero-order valence-electron chi connectivity index (χ0n) is 13.7. The Morgan fingerprint density at radius 3 is 2.61 bits per heavy atom. The van der Waals surface area contributed by atoms with E-state index < -0.39 is 0 Å². The Bertz CT molecular complexity index is 673. The van der Waals surface area contributed by atoms with Gasteiger partial charge in [0.15, 0.2) is 0 Å². The molecule has 0 unspecified atom stereocenters. The van der Waals surface area contributed by atoms with Crippen LogP contribution in [0.15, 0.2) is 10.0 Å². The lowest BCUT2D eigenvalue weighted by Gasteiger charge is -2.33. The second-order valence-corrected chi connectivity index (χ2v) is 6.98. The van der Waals surface area contributed by atoms with Crippen LogP contribution in [0.1, 0.15) is 46.6 Å². The predicted octanol–water partition coefficient (Wildman–Crippen LogP) is 1.92. The Kier molecular flexibility index (Phi) is 4.72. The third-order valence-corrected chi connectivity index (χ3v) is 5.16. The lowest BCUT2D eigenvalue weighted by Crippen LogP contribution is -2.48. The Morgan fingerprint density at radius 1 is 1.30 bits per heavy atom. The van der Waals surface area contributed by atoms with Gasteiger partial charge in [-0.3, -0.25) is 9.69 Å². The van der Waals surface area contributed by atoms with Crippen molar-refractivity contribution in [3.05, 3.63) is 27.5 Å². The van der Waals surface area contributed by atoms with Crippen molar-refractivity contribution in [2.45, 2.75) is 33.2 Å². The molecule has 0 saturated carbocycles. The smallest absolute Gasteiger partial charge is 0.273 e. The first-order valence-electron chi connectivity index (χ1n) is 7.79. The number of aromatic nitrogens is 3. The highest BCUT2D eigenvalue weighted by molar-refractivity contribution is 7.09. The molecule has 23 heavy (non-hydrogen) atoms. The fourth-order valence-electron chi connectivity index (χ4n) is 2.53. The largest absolute Gasteiger partial charge is 0.335 e.